The van der Waals surface area contributed by atoms with E-state index in [4.69, 9.17) is 18.8 Å². The maximum Gasteiger partial charge on any atom is 0.227 e. The molecule has 3 heterocycles. The van der Waals surface area contributed by atoms with Crippen LogP contribution in [0.3, 0.4) is 0 Å². The van der Waals surface area contributed by atoms with Crippen molar-refractivity contribution >= 4 is 54.8 Å². The number of hydrogen-bond donors (Lipinski definition) is 0. The first kappa shape index (κ1) is 25.8. The van der Waals surface area contributed by atoms with Gasteiger partial charge in [-0.05, 0) is 101 Å². The molecule has 0 saturated carbocycles. The number of para-hydroxylation sites is 4. The van der Waals surface area contributed by atoms with Gasteiger partial charge in [-0.3, -0.25) is 0 Å². The second-order valence-corrected chi connectivity index (χ2v) is 11.9. The van der Waals surface area contributed by atoms with E-state index in [2.05, 4.69) is 108 Å². The molecule has 3 aromatic heterocycles. The molecule has 220 valence electrons. The molecule has 0 saturated heterocycles. The van der Waals surface area contributed by atoms with Crippen LogP contribution in [-0.4, -0.2) is 14.5 Å². The number of benzene rings is 7. The average molecular weight is 604 g/mol. The van der Waals surface area contributed by atoms with E-state index < -0.39 is 0 Å². The molecule has 0 amide bonds. The molecule has 5 heteroatoms. The lowest BCUT2D eigenvalue weighted by atomic mass is 10.0. The van der Waals surface area contributed by atoms with Crippen LogP contribution in [0.5, 0.6) is 0 Å². The Morgan fingerprint density at radius 3 is 1.51 bits per heavy atom. The van der Waals surface area contributed by atoms with Crippen molar-refractivity contribution in [3.05, 3.63) is 152 Å². The summed E-state index contributed by atoms with van der Waals surface area (Å²) < 4.78 is 14.7. The number of fused-ring (bicyclic) bond motifs is 6. The van der Waals surface area contributed by atoms with Crippen molar-refractivity contribution < 1.29 is 8.83 Å². The van der Waals surface area contributed by atoms with Crippen molar-refractivity contribution in [1.29, 1.82) is 0 Å². The summed E-state index contributed by atoms with van der Waals surface area (Å²) in [6.45, 7) is 0. The molecule has 7 aromatic carbocycles. The van der Waals surface area contributed by atoms with E-state index in [0.717, 1.165) is 60.8 Å². The SMILES string of the molecule is c1ccc2cc(-c3ccc(-n4c5ccc(-c6nc7ccccc7o6)cc5c5cc(-c6nc7ccccc7o6)ccc54)cc3)ccc2c1. The second-order valence-electron chi connectivity index (χ2n) is 11.9. The minimum atomic E-state index is 0.601. The lowest BCUT2D eigenvalue weighted by Crippen LogP contribution is -1.94. The highest BCUT2D eigenvalue weighted by Gasteiger charge is 2.18. The summed E-state index contributed by atoms with van der Waals surface area (Å²) in [7, 11) is 0. The lowest BCUT2D eigenvalue weighted by molar-refractivity contribution is 0.619. The molecule has 0 aliphatic rings. The second kappa shape index (κ2) is 10.0. The van der Waals surface area contributed by atoms with Crippen molar-refractivity contribution in [2.24, 2.45) is 0 Å². The van der Waals surface area contributed by atoms with Crippen molar-refractivity contribution in [3.8, 4) is 39.7 Å². The zero-order valence-electron chi connectivity index (χ0n) is 25.1. The third-order valence-electron chi connectivity index (χ3n) is 9.06. The monoisotopic (exact) mass is 603 g/mol. The molecule has 0 atom stereocenters. The van der Waals surface area contributed by atoms with Crippen LogP contribution in [0.1, 0.15) is 0 Å². The summed E-state index contributed by atoms with van der Waals surface area (Å²) in [6, 6.07) is 52.5. The molecule has 10 aromatic rings. The first-order valence-corrected chi connectivity index (χ1v) is 15.6. The van der Waals surface area contributed by atoms with Gasteiger partial charge in [-0.1, -0.05) is 72.8 Å². The van der Waals surface area contributed by atoms with Crippen LogP contribution in [0.2, 0.25) is 0 Å². The minimum Gasteiger partial charge on any atom is -0.436 e. The molecule has 0 radical (unpaired) electrons. The molecule has 0 bridgehead atoms. The van der Waals surface area contributed by atoms with Gasteiger partial charge in [0.2, 0.25) is 11.8 Å². The van der Waals surface area contributed by atoms with E-state index in [1.807, 2.05) is 48.5 Å². The standard InChI is InChI=1S/C42H25N3O2/c1-2-8-28-23-29(14-13-26(28)7-1)27-15-19-32(20-16-27)45-37-21-17-30(41-43-35-9-3-5-11-39(35)46-41)24-33(37)34-25-31(18-22-38(34)45)42-44-36-10-4-6-12-40(36)47-42/h1-25H. The van der Waals surface area contributed by atoms with Gasteiger partial charge in [-0.15, -0.1) is 0 Å². The van der Waals surface area contributed by atoms with Crippen molar-refractivity contribution in [2.75, 3.05) is 0 Å². The van der Waals surface area contributed by atoms with E-state index >= 15 is 0 Å². The van der Waals surface area contributed by atoms with Gasteiger partial charge in [0, 0.05) is 27.6 Å². The van der Waals surface area contributed by atoms with Crippen LogP contribution in [0.4, 0.5) is 0 Å². The Hall–Kier alpha value is -6.46. The first-order chi connectivity index (χ1) is 23.2. The summed E-state index contributed by atoms with van der Waals surface area (Å²) in [5.74, 6) is 1.20. The normalized spacial score (nSPS) is 11.8. The highest BCUT2D eigenvalue weighted by Crippen LogP contribution is 2.38. The van der Waals surface area contributed by atoms with E-state index in [1.54, 1.807) is 0 Å². The predicted molar refractivity (Wildman–Crippen MR) is 190 cm³/mol. The van der Waals surface area contributed by atoms with Crippen LogP contribution in [0.25, 0.3) is 94.5 Å². The van der Waals surface area contributed by atoms with Crippen LogP contribution in [0, 0.1) is 0 Å². The Labute approximate surface area is 269 Å². The molecule has 0 spiro atoms. The fourth-order valence-corrected chi connectivity index (χ4v) is 6.73. The molecule has 10 rings (SSSR count). The van der Waals surface area contributed by atoms with Gasteiger partial charge in [0.1, 0.15) is 11.0 Å². The van der Waals surface area contributed by atoms with Gasteiger partial charge in [0.05, 0.1) is 11.0 Å². The number of aromatic nitrogens is 3. The van der Waals surface area contributed by atoms with E-state index in [1.165, 1.54) is 21.9 Å². The fourth-order valence-electron chi connectivity index (χ4n) is 6.73. The van der Waals surface area contributed by atoms with Crippen molar-refractivity contribution in [2.45, 2.75) is 0 Å². The Bertz CT molecular complexity index is 2600. The Morgan fingerprint density at radius 2 is 0.915 bits per heavy atom. The van der Waals surface area contributed by atoms with Gasteiger partial charge in [0.25, 0.3) is 0 Å². The summed E-state index contributed by atoms with van der Waals surface area (Å²) in [5, 5.41) is 4.67. The van der Waals surface area contributed by atoms with Gasteiger partial charge in [0.15, 0.2) is 11.2 Å². The highest BCUT2D eigenvalue weighted by atomic mass is 16.4. The Morgan fingerprint density at radius 1 is 0.404 bits per heavy atom. The zero-order chi connectivity index (χ0) is 30.9. The fraction of sp³-hybridized carbons (Fsp3) is 0. The third kappa shape index (κ3) is 4.17. The van der Waals surface area contributed by atoms with E-state index in [0.29, 0.717) is 11.8 Å². The molecular weight excluding hydrogens is 578 g/mol. The molecule has 47 heavy (non-hydrogen) atoms. The molecule has 0 N–H and O–H groups in total. The summed E-state index contributed by atoms with van der Waals surface area (Å²) in [6.07, 6.45) is 0. The van der Waals surface area contributed by atoms with Gasteiger partial charge < -0.3 is 13.4 Å². The smallest absolute Gasteiger partial charge is 0.227 e. The molecule has 5 nitrogen and oxygen atoms in total. The number of rotatable bonds is 4. The third-order valence-corrected chi connectivity index (χ3v) is 9.06. The molecule has 0 unspecified atom stereocenters. The van der Waals surface area contributed by atoms with Crippen LogP contribution in [-0.2, 0) is 0 Å². The predicted octanol–water partition coefficient (Wildman–Crippen LogP) is 11.2. The lowest BCUT2D eigenvalue weighted by Gasteiger charge is -2.10. The van der Waals surface area contributed by atoms with Gasteiger partial charge >= 0.3 is 0 Å². The van der Waals surface area contributed by atoms with Crippen molar-refractivity contribution in [1.82, 2.24) is 14.5 Å². The first-order valence-electron chi connectivity index (χ1n) is 15.6. The highest BCUT2D eigenvalue weighted by molar-refractivity contribution is 6.11. The largest absolute Gasteiger partial charge is 0.436 e. The van der Waals surface area contributed by atoms with E-state index in [9.17, 15) is 0 Å². The summed E-state index contributed by atoms with van der Waals surface area (Å²) in [4.78, 5) is 9.57. The number of oxazole rings is 2. The Kier molecular flexibility index (Phi) is 5.51. The van der Waals surface area contributed by atoms with Crippen LogP contribution < -0.4 is 0 Å². The summed E-state index contributed by atoms with van der Waals surface area (Å²) in [5.41, 5.74) is 10.7. The molecule has 0 aliphatic carbocycles. The molecule has 0 fully saturated rings. The molecular formula is C42H25N3O2. The summed E-state index contributed by atoms with van der Waals surface area (Å²) >= 11 is 0. The quantitative estimate of drug-likeness (QED) is 0.201. The molecule has 0 aliphatic heterocycles. The van der Waals surface area contributed by atoms with Gasteiger partial charge in [-0.2, -0.15) is 0 Å². The topological polar surface area (TPSA) is 57.0 Å². The zero-order valence-corrected chi connectivity index (χ0v) is 25.1. The average Bonchev–Trinajstić information content (AvgIpc) is 3.85. The minimum absolute atomic E-state index is 0.601. The van der Waals surface area contributed by atoms with Crippen LogP contribution >= 0.6 is 0 Å². The Balaban J connectivity index is 1.15. The maximum atomic E-state index is 6.17. The number of hydrogen-bond acceptors (Lipinski definition) is 4. The van der Waals surface area contributed by atoms with Crippen molar-refractivity contribution in [3.63, 3.8) is 0 Å². The van der Waals surface area contributed by atoms with Gasteiger partial charge in [-0.25, -0.2) is 9.97 Å². The number of nitrogens with zero attached hydrogens (tertiary/aromatic N) is 3. The van der Waals surface area contributed by atoms with Crippen LogP contribution in [0.15, 0.2) is 160 Å². The maximum absolute atomic E-state index is 6.17. The van der Waals surface area contributed by atoms with E-state index in [-0.39, 0.29) is 0 Å².